The van der Waals surface area contributed by atoms with E-state index in [1.165, 1.54) is 23.1 Å². The van der Waals surface area contributed by atoms with E-state index in [1.807, 2.05) is 5.48 Å². The molecule has 5 N–H and O–H groups in total. The van der Waals surface area contributed by atoms with E-state index < -0.39 is 17.6 Å². The number of amides is 2. The molecule has 1 aromatic carbocycles. The summed E-state index contributed by atoms with van der Waals surface area (Å²) in [6.45, 7) is 1.15. The standard InChI is InChI=1S/C15H15BrFN7O4/c16-9-3-8(1-2-10(9)17)20-14(21-27)11-13(23-28-22-11)19-4-7-5-24(6-7)15(26)12(18)25/h1-3,7,27H,4-6H2,(H2,18,25)(H,19,23)(H,20,21). The van der Waals surface area contributed by atoms with Crippen molar-refractivity contribution in [3.05, 3.63) is 34.2 Å². The number of nitrogens with zero attached hydrogens (tertiary/aromatic N) is 4. The number of carbonyl (C=O) groups is 2. The van der Waals surface area contributed by atoms with Gasteiger partial charge >= 0.3 is 11.8 Å². The number of primary amides is 1. The highest BCUT2D eigenvalue weighted by atomic mass is 79.9. The zero-order chi connectivity index (χ0) is 20.3. The molecule has 0 saturated carbocycles. The Morgan fingerprint density at radius 3 is 2.82 bits per heavy atom. The van der Waals surface area contributed by atoms with Gasteiger partial charge in [-0.2, -0.15) is 0 Å². The summed E-state index contributed by atoms with van der Waals surface area (Å²) in [7, 11) is 0. The molecule has 3 rings (SSSR count). The first kappa shape index (κ1) is 19.7. The summed E-state index contributed by atoms with van der Waals surface area (Å²) in [5, 5.41) is 19.8. The lowest BCUT2D eigenvalue weighted by Crippen LogP contribution is -2.55. The number of hydrogen-bond donors (Lipinski definition) is 4. The number of carbonyl (C=O) groups excluding carboxylic acids is 2. The Kier molecular flexibility index (Phi) is 5.84. The lowest BCUT2D eigenvalue weighted by molar-refractivity contribution is -0.148. The van der Waals surface area contributed by atoms with E-state index >= 15 is 0 Å². The minimum Gasteiger partial charge on any atom is -0.365 e. The van der Waals surface area contributed by atoms with Crippen LogP contribution in [0.15, 0.2) is 32.3 Å². The molecule has 1 saturated heterocycles. The molecule has 1 fully saturated rings. The maximum absolute atomic E-state index is 13.3. The zero-order valence-electron chi connectivity index (χ0n) is 14.2. The Morgan fingerprint density at radius 2 is 2.18 bits per heavy atom. The molecule has 28 heavy (non-hydrogen) atoms. The maximum atomic E-state index is 13.3. The molecule has 1 aromatic heterocycles. The number of nitrogens with one attached hydrogen (secondary N) is 2. The molecule has 1 aliphatic rings. The summed E-state index contributed by atoms with van der Waals surface area (Å²) in [5.41, 5.74) is 7.31. The molecular formula is C15H15BrFN7O4. The molecule has 0 atom stereocenters. The average molecular weight is 456 g/mol. The van der Waals surface area contributed by atoms with Crippen molar-refractivity contribution in [1.82, 2.24) is 20.7 Å². The van der Waals surface area contributed by atoms with Crippen molar-refractivity contribution in [2.75, 3.05) is 25.0 Å². The predicted molar refractivity (Wildman–Crippen MR) is 97.3 cm³/mol. The third kappa shape index (κ3) is 4.26. The molecule has 11 nitrogen and oxygen atoms in total. The van der Waals surface area contributed by atoms with Crippen LogP contribution in [0.2, 0.25) is 0 Å². The second-order valence-corrected chi connectivity index (χ2v) is 6.81. The van der Waals surface area contributed by atoms with Gasteiger partial charge in [-0.25, -0.2) is 14.0 Å². The fraction of sp³-hybridized carbons (Fsp3) is 0.267. The van der Waals surface area contributed by atoms with Crippen molar-refractivity contribution >= 4 is 45.1 Å². The summed E-state index contributed by atoms with van der Waals surface area (Å²) in [6.07, 6.45) is 0. The minimum atomic E-state index is -0.989. The van der Waals surface area contributed by atoms with Gasteiger partial charge in [-0.05, 0) is 44.4 Å². The van der Waals surface area contributed by atoms with Crippen molar-refractivity contribution in [3.63, 3.8) is 0 Å². The lowest BCUT2D eigenvalue weighted by atomic mass is 10.00. The van der Waals surface area contributed by atoms with E-state index in [2.05, 4.69) is 36.6 Å². The zero-order valence-corrected chi connectivity index (χ0v) is 15.8. The molecule has 0 bridgehead atoms. The lowest BCUT2D eigenvalue weighted by Gasteiger charge is -2.38. The number of anilines is 1. The first-order valence-corrected chi connectivity index (χ1v) is 8.77. The maximum Gasteiger partial charge on any atom is 0.311 e. The van der Waals surface area contributed by atoms with Gasteiger partial charge in [0, 0.05) is 25.6 Å². The van der Waals surface area contributed by atoms with Crippen LogP contribution >= 0.6 is 15.9 Å². The molecule has 2 heterocycles. The highest BCUT2D eigenvalue weighted by molar-refractivity contribution is 9.10. The molecule has 0 radical (unpaired) electrons. The Hall–Kier alpha value is -3.06. The highest BCUT2D eigenvalue weighted by Crippen LogP contribution is 2.23. The van der Waals surface area contributed by atoms with Gasteiger partial charge in [0.1, 0.15) is 5.82 Å². The van der Waals surface area contributed by atoms with Crippen LogP contribution < -0.4 is 16.5 Å². The van der Waals surface area contributed by atoms with Gasteiger partial charge in [0.15, 0.2) is 11.5 Å². The van der Waals surface area contributed by atoms with E-state index in [9.17, 15) is 19.2 Å². The van der Waals surface area contributed by atoms with Gasteiger partial charge in [-0.1, -0.05) is 0 Å². The number of aliphatic imine (C=N–C) groups is 1. The van der Waals surface area contributed by atoms with Crippen LogP contribution in [-0.2, 0) is 9.59 Å². The fourth-order valence-corrected chi connectivity index (χ4v) is 2.90. The number of likely N-dealkylation sites (tertiary alicyclic amines) is 1. The van der Waals surface area contributed by atoms with Gasteiger partial charge in [0.25, 0.3) is 0 Å². The third-order valence-corrected chi connectivity index (χ3v) is 4.58. The van der Waals surface area contributed by atoms with Crippen molar-refractivity contribution in [1.29, 1.82) is 0 Å². The van der Waals surface area contributed by atoms with E-state index in [-0.39, 0.29) is 27.7 Å². The monoisotopic (exact) mass is 455 g/mol. The number of hydrogen-bond acceptors (Lipinski definition) is 8. The quantitative estimate of drug-likeness (QED) is 0.218. The van der Waals surface area contributed by atoms with Crippen LogP contribution in [0.25, 0.3) is 0 Å². The van der Waals surface area contributed by atoms with E-state index in [0.29, 0.717) is 25.3 Å². The van der Waals surface area contributed by atoms with Crippen LogP contribution in [-0.4, -0.2) is 57.7 Å². The van der Waals surface area contributed by atoms with Crippen LogP contribution in [0.3, 0.4) is 0 Å². The number of rotatable bonds is 5. The van der Waals surface area contributed by atoms with Gasteiger partial charge < -0.3 is 16.0 Å². The normalized spacial score (nSPS) is 14.5. The summed E-state index contributed by atoms with van der Waals surface area (Å²) in [5.74, 6) is -1.95. The van der Waals surface area contributed by atoms with E-state index in [4.69, 9.17) is 10.4 Å². The van der Waals surface area contributed by atoms with Crippen molar-refractivity contribution in [2.24, 2.45) is 16.6 Å². The van der Waals surface area contributed by atoms with Gasteiger partial charge in [0.2, 0.25) is 5.82 Å². The molecule has 2 aromatic rings. The van der Waals surface area contributed by atoms with Gasteiger partial charge in [0.05, 0.1) is 10.2 Å². The predicted octanol–water partition coefficient (Wildman–Crippen LogP) is 0.384. The molecule has 148 valence electrons. The number of halogens is 2. The van der Waals surface area contributed by atoms with Crippen LogP contribution in [0.5, 0.6) is 0 Å². The van der Waals surface area contributed by atoms with Crippen molar-refractivity contribution < 1.29 is 23.8 Å². The number of hydroxylamine groups is 1. The highest BCUT2D eigenvalue weighted by Gasteiger charge is 2.33. The molecular weight excluding hydrogens is 441 g/mol. The van der Waals surface area contributed by atoms with Crippen LogP contribution in [0, 0.1) is 11.7 Å². The van der Waals surface area contributed by atoms with E-state index in [0.717, 1.165) is 0 Å². The molecule has 0 spiro atoms. The third-order valence-electron chi connectivity index (χ3n) is 3.98. The summed E-state index contributed by atoms with van der Waals surface area (Å²) in [4.78, 5) is 27.8. The molecule has 0 unspecified atom stereocenters. The topological polar surface area (TPSA) is 159 Å². The minimum absolute atomic E-state index is 0.0681. The Labute approximate surface area is 165 Å². The molecule has 0 aliphatic carbocycles. The summed E-state index contributed by atoms with van der Waals surface area (Å²) >= 11 is 3.06. The average Bonchev–Trinajstić information content (AvgIpc) is 3.09. The second-order valence-electron chi connectivity index (χ2n) is 5.95. The van der Waals surface area contributed by atoms with Crippen molar-refractivity contribution in [2.45, 2.75) is 0 Å². The summed E-state index contributed by atoms with van der Waals surface area (Å²) in [6, 6.07) is 4.05. The van der Waals surface area contributed by atoms with Crippen LogP contribution in [0.1, 0.15) is 5.69 Å². The van der Waals surface area contributed by atoms with Gasteiger partial charge in [-0.3, -0.25) is 20.3 Å². The fourth-order valence-electron chi connectivity index (χ4n) is 2.54. The number of aromatic nitrogens is 2. The Bertz CT molecular complexity index is 929. The SMILES string of the molecule is NC(=O)C(=O)N1CC(CNc2nonc2C(=Nc2ccc(F)c(Br)c2)NO)C1. The Balaban J connectivity index is 1.65. The Morgan fingerprint density at radius 1 is 1.43 bits per heavy atom. The van der Waals surface area contributed by atoms with Gasteiger partial charge in [-0.15, -0.1) is 0 Å². The first-order valence-electron chi connectivity index (χ1n) is 7.98. The number of amidine groups is 1. The summed E-state index contributed by atoms with van der Waals surface area (Å²) < 4.78 is 18.2. The molecule has 13 heteroatoms. The first-order chi connectivity index (χ1) is 13.4. The van der Waals surface area contributed by atoms with Crippen LogP contribution in [0.4, 0.5) is 15.9 Å². The van der Waals surface area contributed by atoms with Crippen molar-refractivity contribution in [3.8, 4) is 0 Å². The second kappa shape index (κ2) is 8.31. The molecule has 1 aliphatic heterocycles. The van der Waals surface area contributed by atoms with E-state index in [1.54, 1.807) is 0 Å². The smallest absolute Gasteiger partial charge is 0.311 e. The number of benzene rings is 1. The molecule has 2 amide bonds. The largest absolute Gasteiger partial charge is 0.365 e. The number of nitrogens with two attached hydrogens (primary N) is 1.